The third kappa shape index (κ3) is 5.36. The van der Waals surface area contributed by atoms with Gasteiger partial charge in [0.2, 0.25) is 0 Å². The van der Waals surface area contributed by atoms with E-state index in [0.29, 0.717) is 6.10 Å². The Morgan fingerprint density at radius 3 is 2.53 bits per heavy atom. The standard InChI is InChI=1S/C16H26O/c1-4-5-6-7-12-16(17-3)13-15-11-9-8-10-14(15)2/h8-11,16H,4-7,12-13H2,1-3H3. The van der Waals surface area contributed by atoms with Crippen LogP contribution < -0.4 is 0 Å². The molecule has 0 radical (unpaired) electrons. The molecule has 0 saturated carbocycles. The molecule has 96 valence electrons. The Kier molecular flexibility index (Phi) is 6.95. The Bertz CT molecular complexity index is 306. The fraction of sp³-hybridized carbons (Fsp3) is 0.625. The third-order valence-corrected chi connectivity index (χ3v) is 3.42. The minimum atomic E-state index is 0.382. The smallest absolute Gasteiger partial charge is 0.0611 e. The second-order valence-corrected chi connectivity index (χ2v) is 4.84. The minimum Gasteiger partial charge on any atom is -0.381 e. The van der Waals surface area contributed by atoms with Crippen LogP contribution in [0.25, 0.3) is 0 Å². The quantitative estimate of drug-likeness (QED) is 0.601. The van der Waals surface area contributed by atoms with Crippen LogP contribution in [0.5, 0.6) is 0 Å². The van der Waals surface area contributed by atoms with Crippen molar-refractivity contribution in [2.45, 2.75) is 58.5 Å². The zero-order chi connectivity index (χ0) is 12.5. The lowest BCUT2D eigenvalue weighted by atomic mass is 9.99. The maximum Gasteiger partial charge on any atom is 0.0611 e. The van der Waals surface area contributed by atoms with Crippen LogP contribution in [0.1, 0.15) is 50.2 Å². The average Bonchev–Trinajstić information content (AvgIpc) is 2.35. The molecule has 0 saturated heterocycles. The maximum atomic E-state index is 5.59. The number of methoxy groups -OCH3 is 1. The molecular formula is C16H26O. The van der Waals surface area contributed by atoms with Gasteiger partial charge < -0.3 is 4.74 Å². The second-order valence-electron chi connectivity index (χ2n) is 4.84. The Balaban J connectivity index is 2.38. The number of benzene rings is 1. The van der Waals surface area contributed by atoms with E-state index in [2.05, 4.69) is 38.1 Å². The first-order valence-corrected chi connectivity index (χ1v) is 6.85. The Labute approximate surface area is 106 Å². The van der Waals surface area contributed by atoms with E-state index in [1.807, 2.05) is 7.11 Å². The lowest BCUT2D eigenvalue weighted by molar-refractivity contribution is 0.0930. The van der Waals surface area contributed by atoms with Crippen molar-refractivity contribution >= 4 is 0 Å². The summed E-state index contributed by atoms with van der Waals surface area (Å²) in [4.78, 5) is 0. The molecule has 1 heteroatoms. The van der Waals surface area contributed by atoms with E-state index in [0.717, 1.165) is 6.42 Å². The Morgan fingerprint density at radius 1 is 1.12 bits per heavy atom. The summed E-state index contributed by atoms with van der Waals surface area (Å²) in [6.07, 6.45) is 7.89. The molecule has 1 aromatic carbocycles. The third-order valence-electron chi connectivity index (χ3n) is 3.42. The number of hydrogen-bond donors (Lipinski definition) is 0. The molecule has 0 aliphatic rings. The molecule has 0 fully saturated rings. The van der Waals surface area contributed by atoms with E-state index in [9.17, 15) is 0 Å². The largest absolute Gasteiger partial charge is 0.381 e. The summed E-state index contributed by atoms with van der Waals surface area (Å²) >= 11 is 0. The van der Waals surface area contributed by atoms with E-state index in [1.165, 1.54) is 43.2 Å². The lowest BCUT2D eigenvalue weighted by Crippen LogP contribution is -2.14. The monoisotopic (exact) mass is 234 g/mol. The van der Waals surface area contributed by atoms with Gasteiger partial charge in [0.1, 0.15) is 0 Å². The number of ether oxygens (including phenoxy) is 1. The lowest BCUT2D eigenvalue weighted by Gasteiger charge is -2.16. The first kappa shape index (κ1) is 14.2. The Morgan fingerprint density at radius 2 is 1.88 bits per heavy atom. The molecule has 0 spiro atoms. The van der Waals surface area contributed by atoms with Crippen LogP contribution in [-0.4, -0.2) is 13.2 Å². The molecule has 0 aliphatic heterocycles. The zero-order valence-corrected chi connectivity index (χ0v) is 11.5. The van der Waals surface area contributed by atoms with Gasteiger partial charge in [0, 0.05) is 7.11 Å². The van der Waals surface area contributed by atoms with E-state index >= 15 is 0 Å². The van der Waals surface area contributed by atoms with Crippen LogP contribution in [-0.2, 0) is 11.2 Å². The highest BCUT2D eigenvalue weighted by atomic mass is 16.5. The van der Waals surface area contributed by atoms with Crippen LogP contribution in [0, 0.1) is 6.92 Å². The van der Waals surface area contributed by atoms with Crippen molar-refractivity contribution in [3.05, 3.63) is 35.4 Å². The van der Waals surface area contributed by atoms with Crippen molar-refractivity contribution in [3.63, 3.8) is 0 Å². The first-order valence-electron chi connectivity index (χ1n) is 6.85. The van der Waals surface area contributed by atoms with Crippen LogP contribution in [0.2, 0.25) is 0 Å². The van der Waals surface area contributed by atoms with Gasteiger partial charge in [0.25, 0.3) is 0 Å². The molecule has 0 aromatic heterocycles. The van der Waals surface area contributed by atoms with Crippen LogP contribution in [0.4, 0.5) is 0 Å². The van der Waals surface area contributed by atoms with Crippen molar-refractivity contribution in [2.75, 3.05) is 7.11 Å². The summed E-state index contributed by atoms with van der Waals surface area (Å²) in [5.41, 5.74) is 2.80. The minimum absolute atomic E-state index is 0.382. The number of hydrogen-bond acceptors (Lipinski definition) is 1. The van der Waals surface area contributed by atoms with Gasteiger partial charge in [-0.2, -0.15) is 0 Å². The topological polar surface area (TPSA) is 9.23 Å². The van der Waals surface area contributed by atoms with Gasteiger partial charge in [0.05, 0.1) is 6.10 Å². The van der Waals surface area contributed by atoms with E-state index in [4.69, 9.17) is 4.74 Å². The summed E-state index contributed by atoms with van der Waals surface area (Å²) in [5.74, 6) is 0. The van der Waals surface area contributed by atoms with Crippen molar-refractivity contribution < 1.29 is 4.74 Å². The maximum absolute atomic E-state index is 5.59. The van der Waals surface area contributed by atoms with Crippen LogP contribution in [0.3, 0.4) is 0 Å². The fourth-order valence-corrected chi connectivity index (χ4v) is 2.19. The summed E-state index contributed by atoms with van der Waals surface area (Å²) in [6, 6.07) is 8.61. The first-order chi connectivity index (χ1) is 8.27. The zero-order valence-electron chi connectivity index (χ0n) is 11.5. The molecule has 0 heterocycles. The molecule has 0 aliphatic carbocycles. The summed E-state index contributed by atoms with van der Waals surface area (Å²) in [5, 5.41) is 0. The number of aryl methyl sites for hydroxylation is 1. The van der Waals surface area contributed by atoms with Gasteiger partial charge in [-0.05, 0) is 30.9 Å². The molecular weight excluding hydrogens is 208 g/mol. The molecule has 17 heavy (non-hydrogen) atoms. The average molecular weight is 234 g/mol. The van der Waals surface area contributed by atoms with Crippen LogP contribution in [0.15, 0.2) is 24.3 Å². The highest BCUT2D eigenvalue weighted by Gasteiger charge is 2.09. The second kappa shape index (κ2) is 8.30. The summed E-state index contributed by atoms with van der Waals surface area (Å²) in [6.45, 7) is 4.43. The van der Waals surface area contributed by atoms with Crippen LogP contribution >= 0.6 is 0 Å². The van der Waals surface area contributed by atoms with E-state index < -0.39 is 0 Å². The SMILES string of the molecule is CCCCCCC(Cc1ccccc1C)OC. The normalized spacial score (nSPS) is 12.6. The summed E-state index contributed by atoms with van der Waals surface area (Å²) in [7, 11) is 1.84. The molecule has 0 N–H and O–H groups in total. The molecule has 1 atom stereocenters. The van der Waals surface area contributed by atoms with Gasteiger partial charge in [-0.3, -0.25) is 0 Å². The van der Waals surface area contributed by atoms with Gasteiger partial charge in [-0.15, -0.1) is 0 Å². The predicted molar refractivity (Wildman–Crippen MR) is 74.4 cm³/mol. The van der Waals surface area contributed by atoms with Crippen molar-refractivity contribution in [1.29, 1.82) is 0 Å². The van der Waals surface area contributed by atoms with Gasteiger partial charge in [0.15, 0.2) is 0 Å². The van der Waals surface area contributed by atoms with Gasteiger partial charge in [-0.1, -0.05) is 56.9 Å². The molecule has 1 nitrogen and oxygen atoms in total. The molecule has 1 rings (SSSR count). The molecule has 0 bridgehead atoms. The van der Waals surface area contributed by atoms with Gasteiger partial charge >= 0.3 is 0 Å². The number of unbranched alkanes of at least 4 members (excludes halogenated alkanes) is 3. The van der Waals surface area contributed by atoms with Gasteiger partial charge in [-0.25, -0.2) is 0 Å². The van der Waals surface area contributed by atoms with Crippen molar-refractivity contribution in [2.24, 2.45) is 0 Å². The van der Waals surface area contributed by atoms with Crippen molar-refractivity contribution in [3.8, 4) is 0 Å². The highest BCUT2D eigenvalue weighted by molar-refractivity contribution is 5.26. The van der Waals surface area contributed by atoms with Crippen molar-refractivity contribution in [1.82, 2.24) is 0 Å². The van der Waals surface area contributed by atoms with E-state index in [-0.39, 0.29) is 0 Å². The fourth-order valence-electron chi connectivity index (χ4n) is 2.19. The van der Waals surface area contributed by atoms with E-state index in [1.54, 1.807) is 0 Å². The summed E-state index contributed by atoms with van der Waals surface area (Å²) < 4.78 is 5.59. The predicted octanol–water partition coefficient (Wildman–Crippen LogP) is 4.52. The number of rotatable bonds is 8. The highest BCUT2D eigenvalue weighted by Crippen LogP contribution is 2.15. The molecule has 0 amide bonds. The Hall–Kier alpha value is -0.820. The molecule has 1 unspecified atom stereocenters. The molecule has 1 aromatic rings.